The van der Waals surface area contributed by atoms with Gasteiger partial charge in [0.1, 0.15) is 6.29 Å². The number of benzene rings is 1. The minimum atomic E-state index is -4.08. The van der Waals surface area contributed by atoms with Crippen molar-refractivity contribution in [1.29, 1.82) is 0 Å². The summed E-state index contributed by atoms with van der Waals surface area (Å²) < 4.78 is 15.4. The number of hydrogen-bond donors (Lipinski definition) is 3. The molecule has 94 valence electrons. The highest BCUT2D eigenvalue weighted by atomic mass is 31.2. The highest BCUT2D eigenvalue weighted by molar-refractivity contribution is 7.51. The molecule has 6 nitrogen and oxygen atoms in total. The van der Waals surface area contributed by atoms with Crippen molar-refractivity contribution in [3.8, 4) is 0 Å². The summed E-state index contributed by atoms with van der Waals surface area (Å²) >= 11 is 0. The van der Waals surface area contributed by atoms with Crippen molar-refractivity contribution in [3.05, 3.63) is 29.8 Å². The number of carbonyl (C=O) groups excluding carboxylic acids is 1. The van der Waals surface area contributed by atoms with E-state index in [9.17, 15) is 9.36 Å². The van der Waals surface area contributed by atoms with Crippen LogP contribution < -0.4 is 5.32 Å². The Morgan fingerprint density at radius 2 is 1.94 bits per heavy atom. The van der Waals surface area contributed by atoms with E-state index in [1.807, 2.05) is 0 Å². The largest absolute Gasteiger partial charge is 0.462 e. The Balaban J connectivity index is 2.62. The van der Waals surface area contributed by atoms with Gasteiger partial charge in [-0.25, -0.2) is 4.79 Å². The van der Waals surface area contributed by atoms with Gasteiger partial charge in [0.15, 0.2) is 0 Å². The highest BCUT2D eigenvalue weighted by Crippen LogP contribution is 2.33. The Kier molecular flexibility index (Phi) is 4.69. The number of ether oxygens (including phenoxy) is 1. The van der Waals surface area contributed by atoms with E-state index in [1.165, 1.54) is 12.1 Å². The second kappa shape index (κ2) is 5.82. The lowest BCUT2D eigenvalue weighted by Crippen LogP contribution is -2.05. The first-order valence-corrected chi connectivity index (χ1v) is 6.78. The number of anilines is 1. The molecule has 0 aliphatic rings. The Hall–Kier alpha value is -1.36. The smallest absolute Gasteiger partial charge is 0.344 e. The number of nitrogens with one attached hydrogen (secondary N) is 1. The maximum Gasteiger partial charge on any atom is 0.344 e. The molecule has 17 heavy (non-hydrogen) atoms. The fourth-order valence-electron chi connectivity index (χ4n) is 1.13. The van der Waals surface area contributed by atoms with Crippen molar-refractivity contribution in [1.82, 2.24) is 0 Å². The second-order valence-electron chi connectivity index (χ2n) is 3.30. The first kappa shape index (κ1) is 13.7. The molecule has 3 N–H and O–H groups in total. The zero-order chi connectivity index (χ0) is 12.9. The summed E-state index contributed by atoms with van der Waals surface area (Å²) in [5, 5.41) is 2.57. The standard InChI is InChI=1S/C10H14NO5P/c1-2-16-10(12)8-3-5-9(6-4-8)11-7-17(13,14)15/h3-6,11H,2,7H2,1H3,(H2,13,14,15). The topological polar surface area (TPSA) is 95.9 Å². The normalized spacial score (nSPS) is 11.0. The summed E-state index contributed by atoms with van der Waals surface area (Å²) in [6.07, 6.45) is -0.439. The SMILES string of the molecule is CCOC(=O)c1ccc(NCP(=O)(O)O)cc1. The fourth-order valence-corrected chi connectivity index (χ4v) is 1.52. The van der Waals surface area contributed by atoms with Gasteiger partial charge in [-0.05, 0) is 31.2 Å². The lowest BCUT2D eigenvalue weighted by molar-refractivity contribution is 0.0526. The molecule has 0 aliphatic heterocycles. The summed E-state index contributed by atoms with van der Waals surface area (Å²) in [7, 11) is -4.08. The monoisotopic (exact) mass is 259 g/mol. The molecule has 0 amide bonds. The molecule has 0 aromatic heterocycles. The van der Waals surface area contributed by atoms with Gasteiger partial charge in [-0.1, -0.05) is 0 Å². The molecule has 0 bridgehead atoms. The molecule has 1 aromatic carbocycles. The van der Waals surface area contributed by atoms with Gasteiger partial charge < -0.3 is 19.8 Å². The lowest BCUT2D eigenvalue weighted by atomic mass is 10.2. The number of hydrogen-bond acceptors (Lipinski definition) is 4. The van der Waals surface area contributed by atoms with Gasteiger partial charge in [-0.15, -0.1) is 0 Å². The van der Waals surface area contributed by atoms with Crippen LogP contribution >= 0.6 is 7.60 Å². The first-order valence-electron chi connectivity index (χ1n) is 4.98. The lowest BCUT2D eigenvalue weighted by Gasteiger charge is -2.08. The molecular weight excluding hydrogens is 245 g/mol. The van der Waals surface area contributed by atoms with Gasteiger partial charge in [0.05, 0.1) is 12.2 Å². The molecule has 0 saturated heterocycles. The van der Waals surface area contributed by atoms with Crippen LogP contribution in [0.4, 0.5) is 5.69 Å². The van der Waals surface area contributed by atoms with E-state index in [1.54, 1.807) is 19.1 Å². The minimum absolute atomic E-state index is 0.303. The van der Waals surface area contributed by atoms with E-state index >= 15 is 0 Å². The van der Waals surface area contributed by atoms with Gasteiger partial charge in [-0.2, -0.15) is 0 Å². The van der Waals surface area contributed by atoms with E-state index in [4.69, 9.17) is 14.5 Å². The maximum absolute atomic E-state index is 11.3. The van der Waals surface area contributed by atoms with Crippen LogP contribution in [0.2, 0.25) is 0 Å². The van der Waals surface area contributed by atoms with Crippen LogP contribution in [0.1, 0.15) is 17.3 Å². The summed E-state index contributed by atoms with van der Waals surface area (Å²) in [4.78, 5) is 28.6. The average Bonchev–Trinajstić information content (AvgIpc) is 2.26. The van der Waals surface area contributed by atoms with Crippen molar-refractivity contribution in [2.24, 2.45) is 0 Å². The van der Waals surface area contributed by atoms with Crippen molar-refractivity contribution in [3.63, 3.8) is 0 Å². The van der Waals surface area contributed by atoms with Crippen molar-refractivity contribution in [2.45, 2.75) is 6.92 Å². The van der Waals surface area contributed by atoms with Gasteiger partial charge in [0.25, 0.3) is 0 Å². The van der Waals surface area contributed by atoms with Gasteiger partial charge in [0.2, 0.25) is 0 Å². The Morgan fingerprint density at radius 1 is 1.35 bits per heavy atom. The Labute approximate surface area is 98.8 Å². The third-order valence-corrected chi connectivity index (χ3v) is 2.46. The third kappa shape index (κ3) is 4.99. The van der Waals surface area contributed by atoms with Crippen LogP contribution in [-0.2, 0) is 9.30 Å². The van der Waals surface area contributed by atoms with Crippen LogP contribution in [0.15, 0.2) is 24.3 Å². The molecule has 0 heterocycles. The molecule has 0 aliphatic carbocycles. The van der Waals surface area contributed by atoms with Crippen LogP contribution in [0.25, 0.3) is 0 Å². The molecule has 0 radical (unpaired) electrons. The van der Waals surface area contributed by atoms with E-state index in [-0.39, 0.29) is 0 Å². The molecule has 7 heteroatoms. The first-order chi connectivity index (χ1) is 7.92. The summed E-state index contributed by atoms with van der Waals surface area (Å²) in [5.41, 5.74) is 0.926. The Bertz CT molecular complexity index is 425. The summed E-state index contributed by atoms with van der Waals surface area (Å²) in [5.74, 6) is -0.422. The summed E-state index contributed by atoms with van der Waals surface area (Å²) in [6.45, 7) is 2.02. The number of esters is 1. The van der Waals surface area contributed by atoms with Crippen LogP contribution in [0, 0.1) is 0 Å². The number of carbonyl (C=O) groups is 1. The van der Waals surface area contributed by atoms with Crippen LogP contribution in [0.3, 0.4) is 0 Å². The van der Waals surface area contributed by atoms with Gasteiger partial charge in [0, 0.05) is 5.69 Å². The van der Waals surface area contributed by atoms with E-state index in [0.717, 1.165) is 0 Å². The molecule has 0 saturated carbocycles. The zero-order valence-electron chi connectivity index (χ0n) is 9.29. The van der Waals surface area contributed by atoms with Gasteiger partial charge >= 0.3 is 13.6 Å². The van der Waals surface area contributed by atoms with E-state index in [2.05, 4.69) is 5.32 Å². The predicted octanol–water partition coefficient (Wildman–Crippen LogP) is 1.41. The molecular formula is C10H14NO5P. The molecule has 0 unspecified atom stereocenters. The van der Waals surface area contributed by atoms with E-state index in [0.29, 0.717) is 17.9 Å². The summed E-state index contributed by atoms with van der Waals surface area (Å²) in [6, 6.07) is 6.17. The molecule has 0 spiro atoms. The van der Waals surface area contributed by atoms with Crippen molar-refractivity contribution >= 4 is 19.3 Å². The van der Waals surface area contributed by atoms with Crippen LogP contribution in [0.5, 0.6) is 0 Å². The molecule has 1 rings (SSSR count). The zero-order valence-corrected chi connectivity index (χ0v) is 10.2. The average molecular weight is 259 g/mol. The van der Waals surface area contributed by atoms with E-state index < -0.39 is 19.9 Å². The molecule has 0 atom stereocenters. The molecule has 1 aromatic rings. The maximum atomic E-state index is 11.3. The minimum Gasteiger partial charge on any atom is -0.462 e. The predicted molar refractivity (Wildman–Crippen MR) is 62.9 cm³/mol. The second-order valence-corrected chi connectivity index (χ2v) is 4.94. The van der Waals surface area contributed by atoms with Crippen LogP contribution in [-0.4, -0.2) is 28.6 Å². The molecule has 0 fully saturated rings. The number of rotatable bonds is 5. The quantitative estimate of drug-likeness (QED) is 0.546. The Morgan fingerprint density at radius 3 is 2.41 bits per heavy atom. The fraction of sp³-hybridized carbons (Fsp3) is 0.300. The third-order valence-electron chi connectivity index (χ3n) is 1.89. The highest BCUT2D eigenvalue weighted by Gasteiger charge is 2.12. The van der Waals surface area contributed by atoms with Crippen molar-refractivity contribution in [2.75, 3.05) is 18.2 Å². The van der Waals surface area contributed by atoms with Crippen molar-refractivity contribution < 1.29 is 23.9 Å². The van der Waals surface area contributed by atoms with Gasteiger partial charge in [-0.3, -0.25) is 4.57 Å².